The van der Waals surface area contributed by atoms with Crippen molar-refractivity contribution in [2.75, 3.05) is 55.5 Å². The zero-order valence-electron chi connectivity index (χ0n) is 28.5. The number of halogens is 4. The number of anilines is 3. The first-order chi connectivity index (χ1) is 23.6. The lowest BCUT2D eigenvalue weighted by molar-refractivity contribution is -0.137. The molecule has 3 aliphatic heterocycles. The molecule has 0 bridgehead atoms. The van der Waals surface area contributed by atoms with Crippen molar-refractivity contribution in [2.45, 2.75) is 51.0 Å². The third-order valence-electron chi connectivity index (χ3n) is 9.69. The Kier molecular flexibility index (Phi) is 9.47. The minimum atomic E-state index is -4.68. The van der Waals surface area contributed by atoms with Gasteiger partial charge in [0.2, 0.25) is 11.8 Å². The molecule has 3 atom stereocenters. The number of benzene rings is 2. The average molecular weight is 693 g/mol. The summed E-state index contributed by atoms with van der Waals surface area (Å²) in [4.78, 5) is 52.9. The molecule has 0 N–H and O–H groups in total. The minimum absolute atomic E-state index is 0.0544. The fourth-order valence-corrected chi connectivity index (χ4v) is 7.48. The molecule has 6 rings (SSSR count). The van der Waals surface area contributed by atoms with Gasteiger partial charge in [-0.2, -0.15) is 13.2 Å². The number of alkyl halides is 3. The maximum absolute atomic E-state index is 15.7. The fraction of sp³-hybridized carbons (Fsp3) is 0.405. The van der Waals surface area contributed by atoms with Crippen molar-refractivity contribution < 1.29 is 31.9 Å². The maximum atomic E-state index is 15.7. The summed E-state index contributed by atoms with van der Waals surface area (Å²) in [5.41, 5.74) is 1.89. The zero-order chi connectivity index (χ0) is 36.1. The highest BCUT2D eigenvalue weighted by atomic mass is 19.4. The number of rotatable bonds is 7. The Labute approximate surface area is 288 Å². The van der Waals surface area contributed by atoms with E-state index < -0.39 is 41.3 Å². The van der Waals surface area contributed by atoms with Crippen molar-refractivity contribution in [1.82, 2.24) is 14.8 Å². The molecule has 50 heavy (non-hydrogen) atoms. The summed E-state index contributed by atoms with van der Waals surface area (Å²) in [6.45, 7) is 6.81. The number of carbonyl (C=O) groups is 3. The maximum Gasteiger partial charge on any atom is 0.416 e. The van der Waals surface area contributed by atoms with E-state index in [1.165, 1.54) is 31.0 Å². The number of fused-ring (bicyclic) bond motifs is 2. The summed E-state index contributed by atoms with van der Waals surface area (Å²) < 4.78 is 57.0. The Hall–Kier alpha value is -4.78. The summed E-state index contributed by atoms with van der Waals surface area (Å²) in [5, 5.41) is 0. The number of likely N-dealkylation sites (tertiary alicyclic amines) is 1. The van der Waals surface area contributed by atoms with E-state index in [-0.39, 0.29) is 54.3 Å². The summed E-state index contributed by atoms with van der Waals surface area (Å²) in [6.07, 6.45) is -3.12. The predicted octanol–water partition coefficient (Wildman–Crippen LogP) is 5.73. The molecule has 0 aliphatic carbocycles. The molecule has 0 unspecified atom stereocenters. The van der Waals surface area contributed by atoms with Gasteiger partial charge in [-0.1, -0.05) is 36.9 Å². The number of likely N-dealkylation sites (N-methyl/N-ethyl adjacent to an activating group) is 2. The average Bonchev–Trinajstić information content (AvgIpc) is 3.66. The lowest BCUT2D eigenvalue weighted by Gasteiger charge is -2.39. The van der Waals surface area contributed by atoms with Gasteiger partial charge >= 0.3 is 6.18 Å². The quantitative estimate of drug-likeness (QED) is 0.233. The first kappa shape index (κ1) is 35.1. The van der Waals surface area contributed by atoms with E-state index in [0.29, 0.717) is 18.7 Å². The van der Waals surface area contributed by atoms with Gasteiger partial charge in [0.15, 0.2) is 0 Å². The zero-order valence-corrected chi connectivity index (χ0v) is 28.5. The van der Waals surface area contributed by atoms with Crippen LogP contribution in [0.5, 0.6) is 0 Å². The molecule has 264 valence electrons. The third kappa shape index (κ3) is 6.70. The highest BCUT2D eigenvalue weighted by Crippen LogP contribution is 2.42. The van der Waals surface area contributed by atoms with Crippen LogP contribution in [-0.2, 0) is 27.1 Å². The monoisotopic (exact) mass is 692 g/mol. The van der Waals surface area contributed by atoms with Crippen LogP contribution in [0.4, 0.5) is 34.8 Å². The SMILES string of the molecule is C=C(CN(C)C)C(=O)N1CCC[C@H]1c1ccc(CN2C[C@H]3CC(=O)N(c4cc(C(F)(F)F)cc(C)n4)[C@@H]3C(=O)N(C)c3cccc(F)c32)cc1. The Bertz CT molecular complexity index is 1830. The van der Waals surface area contributed by atoms with Gasteiger partial charge in [0.05, 0.1) is 23.0 Å². The van der Waals surface area contributed by atoms with Crippen LogP contribution in [0.2, 0.25) is 0 Å². The van der Waals surface area contributed by atoms with Crippen molar-refractivity contribution in [3.8, 4) is 0 Å². The Morgan fingerprint density at radius 2 is 1.80 bits per heavy atom. The Morgan fingerprint density at radius 1 is 1.08 bits per heavy atom. The first-order valence-electron chi connectivity index (χ1n) is 16.5. The molecular weight excluding hydrogens is 652 g/mol. The second-order valence-electron chi connectivity index (χ2n) is 13.7. The number of aromatic nitrogens is 1. The molecule has 3 amide bonds. The number of aryl methyl sites for hydroxylation is 1. The van der Waals surface area contributed by atoms with E-state index in [1.807, 2.05) is 48.2 Å². The van der Waals surface area contributed by atoms with E-state index >= 15 is 4.39 Å². The molecule has 4 heterocycles. The van der Waals surface area contributed by atoms with Crippen LogP contribution >= 0.6 is 0 Å². The van der Waals surface area contributed by atoms with Gasteiger partial charge in [-0.25, -0.2) is 9.37 Å². The first-order valence-corrected chi connectivity index (χ1v) is 16.5. The van der Waals surface area contributed by atoms with E-state index in [9.17, 15) is 27.6 Å². The van der Waals surface area contributed by atoms with Crippen LogP contribution in [0.25, 0.3) is 0 Å². The number of pyridine rings is 1. The lowest BCUT2D eigenvalue weighted by atomic mass is 9.95. The fourth-order valence-electron chi connectivity index (χ4n) is 7.48. The molecule has 1 aromatic heterocycles. The van der Waals surface area contributed by atoms with E-state index in [2.05, 4.69) is 11.6 Å². The van der Waals surface area contributed by atoms with Crippen molar-refractivity contribution in [1.29, 1.82) is 0 Å². The van der Waals surface area contributed by atoms with Crippen LogP contribution in [0, 0.1) is 18.7 Å². The molecule has 3 aliphatic rings. The Balaban J connectivity index is 1.31. The minimum Gasteiger partial charge on any atom is -0.363 e. The smallest absolute Gasteiger partial charge is 0.363 e. The highest BCUT2D eigenvalue weighted by Gasteiger charge is 2.49. The molecule has 2 saturated heterocycles. The van der Waals surface area contributed by atoms with Crippen molar-refractivity contribution in [3.05, 3.63) is 95.0 Å². The normalized spacial score (nSPS) is 21.0. The standard InChI is InChI=1S/C37H40F4N6O3/c1-22(19-43(3)4)35(49)46-15-7-10-29(46)25-13-11-24(12-14-25)20-45-21-26-17-32(48)47(31-18-27(37(39,40)41)16-23(2)42-31)33(26)36(50)44(5)30-9-6-8-28(38)34(30)45/h6,8-9,11-14,16,18,26,29,33H,1,7,10,15,17,19-21H2,2-5H3/t26-,29+,33+/m1/s1. The largest absolute Gasteiger partial charge is 0.416 e. The van der Waals surface area contributed by atoms with E-state index in [1.54, 1.807) is 11.0 Å². The summed E-state index contributed by atoms with van der Waals surface area (Å²) in [7, 11) is 5.25. The lowest BCUT2D eigenvalue weighted by Crippen LogP contribution is -2.52. The van der Waals surface area contributed by atoms with Gasteiger partial charge in [-0.15, -0.1) is 0 Å². The highest BCUT2D eigenvalue weighted by molar-refractivity contribution is 6.10. The number of nitrogens with zero attached hydrogens (tertiary/aromatic N) is 6. The van der Waals surface area contributed by atoms with Gasteiger partial charge in [0, 0.05) is 56.8 Å². The summed E-state index contributed by atoms with van der Waals surface area (Å²) >= 11 is 0. The summed E-state index contributed by atoms with van der Waals surface area (Å²) in [6, 6.07) is 12.6. The van der Waals surface area contributed by atoms with Gasteiger partial charge in [0.25, 0.3) is 5.91 Å². The van der Waals surface area contributed by atoms with Crippen LogP contribution in [0.3, 0.4) is 0 Å². The topological polar surface area (TPSA) is 80.3 Å². The second kappa shape index (κ2) is 13.5. The van der Waals surface area contributed by atoms with Crippen molar-refractivity contribution in [3.63, 3.8) is 0 Å². The van der Waals surface area contributed by atoms with Gasteiger partial charge in [0.1, 0.15) is 17.7 Å². The van der Waals surface area contributed by atoms with Crippen molar-refractivity contribution in [2.24, 2.45) is 5.92 Å². The van der Waals surface area contributed by atoms with E-state index in [0.717, 1.165) is 41.0 Å². The van der Waals surface area contributed by atoms with E-state index in [4.69, 9.17) is 0 Å². The second-order valence-corrected chi connectivity index (χ2v) is 13.7. The third-order valence-corrected chi connectivity index (χ3v) is 9.69. The Morgan fingerprint density at radius 3 is 2.48 bits per heavy atom. The molecule has 9 nitrogen and oxygen atoms in total. The van der Waals surface area contributed by atoms with Crippen LogP contribution in [0.1, 0.15) is 47.7 Å². The van der Waals surface area contributed by atoms with Crippen molar-refractivity contribution >= 4 is 34.9 Å². The summed E-state index contributed by atoms with van der Waals surface area (Å²) in [5.74, 6) is -2.61. The van der Waals surface area contributed by atoms with Crippen LogP contribution in [-0.4, -0.2) is 79.3 Å². The molecule has 0 saturated carbocycles. The number of carbonyl (C=O) groups excluding carboxylic acids is 3. The molecule has 2 aromatic carbocycles. The molecule has 13 heteroatoms. The number of amides is 3. The molecule has 3 aromatic rings. The number of hydrogen-bond acceptors (Lipinski definition) is 6. The molecule has 0 spiro atoms. The van der Waals surface area contributed by atoms with Gasteiger partial charge in [-0.3, -0.25) is 19.3 Å². The van der Waals surface area contributed by atoms with Gasteiger partial charge < -0.3 is 19.6 Å². The van der Waals surface area contributed by atoms with Crippen LogP contribution < -0.4 is 14.7 Å². The number of para-hydroxylation sites is 1. The molecule has 0 radical (unpaired) electrons. The van der Waals surface area contributed by atoms with Gasteiger partial charge in [-0.05, 0) is 69.3 Å². The molecule has 2 fully saturated rings. The number of hydrogen-bond donors (Lipinski definition) is 0. The van der Waals surface area contributed by atoms with Crippen LogP contribution in [0.15, 0.2) is 66.7 Å². The molecular formula is C37H40F4N6O3. The predicted molar refractivity (Wildman–Crippen MR) is 182 cm³/mol.